The number of ketones is 1. The fourth-order valence-corrected chi connectivity index (χ4v) is 3.03. The minimum atomic E-state index is -0.772. The van der Waals surface area contributed by atoms with Gasteiger partial charge in [-0.25, -0.2) is 9.89 Å². The van der Waals surface area contributed by atoms with Gasteiger partial charge in [0, 0.05) is 10.9 Å². The Balaban J connectivity index is 1.47. The third kappa shape index (κ3) is 3.82. The molecule has 0 radical (unpaired) electrons. The van der Waals surface area contributed by atoms with E-state index in [4.69, 9.17) is 4.74 Å². The highest BCUT2D eigenvalue weighted by atomic mass is 16.5. The number of carbonyl (C=O) groups excluding carboxylic acids is 2. The molecule has 142 valence electrons. The van der Waals surface area contributed by atoms with Gasteiger partial charge in [0.2, 0.25) is 0 Å². The molecule has 6 heteroatoms. The van der Waals surface area contributed by atoms with Gasteiger partial charge in [-0.3, -0.25) is 9.59 Å². The van der Waals surface area contributed by atoms with Crippen LogP contribution in [-0.4, -0.2) is 28.6 Å². The van der Waals surface area contributed by atoms with E-state index in [0.29, 0.717) is 16.3 Å². The topological polar surface area (TPSA) is 89.1 Å². The Labute approximate surface area is 165 Å². The van der Waals surface area contributed by atoms with Gasteiger partial charge in [-0.05, 0) is 17.2 Å². The molecule has 1 heterocycles. The Morgan fingerprint density at radius 1 is 0.793 bits per heavy atom. The van der Waals surface area contributed by atoms with Crippen LogP contribution in [-0.2, 0) is 4.74 Å². The van der Waals surface area contributed by atoms with Gasteiger partial charge in [-0.1, -0.05) is 72.8 Å². The molecular weight excluding hydrogens is 368 g/mol. The lowest BCUT2D eigenvalue weighted by molar-refractivity contribution is 0.0470. The molecule has 1 N–H and O–H groups in total. The first-order chi connectivity index (χ1) is 14.1. The summed E-state index contributed by atoms with van der Waals surface area (Å²) >= 11 is 0. The van der Waals surface area contributed by atoms with Crippen molar-refractivity contribution in [2.24, 2.45) is 0 Å². The van der Waals surface area contributed by atoms with E-state index in [1.807, 2.05) is 42.5 Å². The molecule has 4 rings (SSSR count). The molecule has 0 unspecified atom stereocenters. The predicted octanol–water partition coefficient (Wildman–Crippen LogP) is 3.63. The number of H-pyrrole nitrogens is 1. The van der Waals surface area contributed by atoms with Crippen molar-refractivity contribution in [3.05, 3.63) is 100 Å². The lowest BCUT2D eigenvalue weighted by atomic mass is 10.0. The summed E-state index contributed by atoms with van der Waals surface area (Å²) in [6.45, 7) is -0.418. The zero-order valence-electron chi connectivity index (χ0n) is 15.3. The van der Waals surface area contributed by atoms with Gasteiger partial charge in [-0.15, -0.1) is 0 Å². The van der Waals surface area contributed by atoms with E-state index in [1.54, 1.807) is 36.4 Å². The van der Waals surface area contributed by atoms with Gasteiger partial charge in [0.15, 0.2) is 18.1 Å². The number of benzene rings is 3. The quantitative estimate of drug-likeness (QED) is 0.419. The Bertz CT molecular complexity index is 1250. The zero-order chi connectivity index (χ0) is 20.2. The van der Waals surface area contributed by atoms with Crippen LogP contribution in [0.15, 0.2) is 83.7 Å². The first-order valence-electron chi connectivity index (χ1n) is 8.97. The molecule has 0 saturated heterocycles. The van der Waals surface area contributed by atoms with E-state index in [0.717, 1.165) is 11.1 Å². The molecule has 0 saturated carbocycles. The number of nitrogens with zero attached hydrogens (tertiary/aromatic N) is 1. The number of nitrogens with one attached hydrogen (secondary N) is 1. The molecule has 0 aliphatic heterocycles. The lowest BCUT2D eigenvalue weighted by Gasteiger charge is -2.07. The van der Waals surface area contributed by atoms with Crippen molar-refractivity contribution >= 4 is 22.5 Å². The highest BCUT2D eigenvalue weighted by Gasteiger charge is 2.17. The predicted molar refractivity (Wildman–Crippen MR) is 109 cm³/mol. The molecular formula is C23H16N2O4. The number of fused-ring (bicyclic) bond motifs is 1. The van der Waals surface area contributed by atoms with E-state index >= 15 is 0 Å². The van der Waals surface area contributed by atoms with Crippen molar-refractivity contribution in [1.29, 1.82) is 0 Å². The number of hydrogen-bond acceptors (Lipinski definition) is 5. The van der Waals surface area contributed by atoms with Crippen molar-refractivity contribution in [3.63, 3.8) is 0 Å². The van der Waals surface area contributed by atoms with Crippen LogP contribution in [0.1, 0.15) is 20.8 Å². The summed E-state index contributed by atoms with van der Waals surface area (Å²) in [4.78, 5) is 36.6. The fraction of sp³-hybridized carbons (Fsp3) is 0.0435. The van der Waals surface area contributed by atoms with Crippen LogP contribution in [0.3, 0.4) is 0 Å². The molecule has 29 heavy (non-hydrogen) atoms. The molecule has 0 spiro atoms. The van der Waals surface area contributed by atoms with Crippen molar-refractivity contribution < 1.29 is 14.3 Å². The molecule has 0 aliphatic rings. The second-order valence-corrected chi connectivity index (χ2v) is 6.39. The molecule has 0 bridgehead atoms. The maximum Gasteiger partial charge on any atom is 0.359 e. The smallest absolute Gasteiger partial charge is 0.359 e. The van der Waals surface area contributed by atoms with Crippen LogP contribution >= 0.6 is 0 Å². The van der Waals surface area contributed by atoms with Crippen LogP contribution in [0.2, 0.25) is 0 Å². The van der Waals surface area contributed by atoms with Crippen molar-refractivity contribution in [2.75, 3.05) is 6.61 Å². The van der Waals surface area contributed by atoms with Crippen LogP contribution in [0.5, 0.6) is 0 Å². The molecule has 6 nitrogen and oxygen atoms in total. The number of ether oxygens (including phenoxy) is 1. The summed E-state index contributed by atoms with van der Waals surface area (Å²) in [5, 5.41) is 6.76. The van der Waals surface area contributed by atoms with E-state index in [-0.39, 0.29) is 11.5 Å². The van der Waals surface area contributed by atoms with Crippen molar-refractivity contribution in [3.8, 4) is 11.1 Å². The van der Waals surface area contributed by atoms with Crippen LogP contribution in [0, 0.1) is 0 Å². The highest BCUT2D eigenvalue weighted by molar-refractivity contribution is 6.04. The SMILES string of the molecule is O=C(COC(=O)c1n[nH]c(=O)c2ccccc12)c1ccc(-c2ccccc2)cc1. The van der Waals surface area contributed by atoms with Crippen molar-refractivity contribution in [2.45, 2.75) is 0 Å². The second-order valence-electron chi connectivity index (χ2n) is 6.39. The van der Waals surface area contributed by atoms with Gasteiger partial charge in [0.1, 0.15) is 0 Å². The Hall–Kier alpha value is -4.06. The Kier molecular flexibility index (Phi) is 4.99. The molecule has 1 aromatic heterocycles. The number of carbonyl (C=O) groups is 2. The third-order valence-electron chi connectivity index (χ3n) is 4.54. The first kappa shape index (κ1) is 18.3. The number of Topliss-reactive ketones (excluding diaryl/α,β-unsaturated/α-hetero) is 1. The normalized spacial score (nSPS) is 10.6. The molecule has 3 aromatic carbocycles. The van der Waals surface area contributed by atoms with Crippen molar-refractivity contribution in [1.82, 2.24) is 10.2 Å². The summed E-state index contributed by atoms with van der Waals surface area (Å²) in [5.74, 6) is -1.10. The molecule has 0 atom stereocenters. The summed E-state index contributed by atoms with van der Waals surface area (Å²) < 4.78 is 5.13. The number of esters is 1. The Morgan fingerprint density at radius 2 is 1.41 bits per heavy atom. The van der Waals surface area contributed by atoms with Gasteiger partial charge >= 0.3 is 5.97 Å². The van der Waals surface area contributed by atoms with Crippen LogP contribution < -0.4 is 5.56 Å². The molecule has 0 aliphatic carbocycles. The van der Waals surface area contributed by atoms with E-state index in [2.05, 4.69) is 10.2 Å². The maximum absolute atomic E-state index is 12.4. The van der Waals surface area contributed by atoms with E-state index in [9.17, 15) is 14.4 Å². The van der Waals surface area contributed by atoms with E-state index in [1.165, 1.54) is 0 Å². The van der Waals surface area contributed by atoms with Crippen LogP contribution in [0.4, 0.5) is 0 Å². The largest absolute Gasteiger partial charge is 0.452 e. The van der Waals surface area contributed by atoms with Crippen LogP contribution in [0.25, 0.3) is 21.9 Å². The highest BCUT2D eigenvalue weighted by Crippen LogP contribution is 2.19. The fourth-order valence-electron chi connectivity index (χ4n) is 3.03. The number of hydrogen-bond donors (Lipinski definition) is 1. The van der Waals surface area contributed by atoms with Gasteiger partial charge < -0.3 is 4.74 Å². The maximum atomic E-state index is 12.4. The Morgan fingerprint density at radius 3 is 2.14 bits per heavy atom. The van der Waals surface area contributed by atoms with E-state index < -0.39 is 18.1 Å². The average molecular weight is 384 g/mol. The number of aromatic amines is 1. The van der Waals surface area contributed by atoms with Gasteiger partial charge in [-0.2, -0.15) is 5.10 Å². The summed E-state index contributed by atoms with van der Waals surface area (Å²) in [7, 11) is 0. The summed E-state index contributed by atoms with van der Waals surface area (Å²) in [6.07, 6.45) is 0. The minimum Gasteiger partial charge on any atom is -0.452 e. The third-order valence-corrected chi connectivity index (χ3v) is 4.54. The lowest BCUT2D eigenvalue weighted by Crippen LogP contribution is -2.19. The molecule has 0 fully saturated rings. The molecule has 0 amide bonds. The average Bonchev–Trinajstić information content (AvgIpc) is 2.78. The minimum absolute atomic E-state index is 0.0348. The summed E-state index contributed by atoms with van der Waals surface area (Å²) in [5.41, 5.74) is 2.05. The second kappa shape index (κ2) is 7.90. The monoisotopic (exact) mass is 384 g/mol. The first-order valence-corrected chi connectivity index (χ1v) is 8.97. The number of rotatable bonds is 5. The van der Waals surface area contributed by atoms with Gasteiger partial charge in [0.05, 0.1) is 5.39 Å². The zero-order valence-corrected chi connectivity index (χ0v) is 15.3. The standard InChI is InChI=1S/C23H16N2O4/c26-20(17-12-10-16(11-13-17)15-6-2-1-3-7-15)14-29-23(28)21-18-8-4-5-9-19(18)22(27)25-24-21/h1-13H,14H2,(H,25,27). The summed E-state index contributed by atoms with van der Waals surface area (Å²) in [6, 6.07) is 23.5. The molecule has 4 aromatic rings. The van der Waals surface area contributed by atoms with Gasteiger partial charge in [0.25, 0.3) is 5.56 Å². The number of aromatic nitrogens is 2.